The Morgan fingerprint density at radius 1 is 1.25 bits per heavy atom. The molecule has 2 aromatic carbocycles. The first-order valence-electron chi connectivity index (χ1n) is 9.85. The van der Waals surface area contributed by atoms with Crippen molar-refractivity contribution in [2.75, 3.05) is 5.32 Å². The van der Waals surface area contributed by atoms with E-state index in [0.29, 0.717) is 5.78 Å². The van der Waals surface area contributed by atoms with Crippen molar-refractivity contribution in [2.45, 2.75) is 38.5 Å². The van der Waals surface area contributed by atoms with Crippen molar-refractivity contribution < 1.29 is 9.59 Å². The molecule has 5 heteroatoms. The summed E-state index contributed by atoms with van der Waals surface area (Å²) in [5.41, 5.74) is 4.77. The van der Waals surface area contributed by atoms with E-state index in [9.17, 15) is 9.59 Å². The van der Waals surface area contributed by atoms with Crippen LogP contribution in [0.4, 0.5) is 5.69 Å². The maximum atomic E-state index is 12.7. The fraction of sp³-hybridized carbons (Fsp3) is 0.348. The highest BCUT2D eigenvalue weighted by atomic mass is 16.2. The number of aromatic nitrogens is 2. The van der Waals surface area contributed by atoms with Crippen LogP contribution in [-0.4, -0.2) is 21.2 Å². The number of carbonyl (C=O) groups is 2. The van der Waals surface area contributed by atoms with Gasteiger partial charge in [0.15, 0.2) is 0 Å². The molecule has 0 saturated heterocycles. The molecule has 1 saturated carbocycles. The molecule has 5 nitrogen and oxygen atoms in total. The Kier molecular flexibility index (Phi) is 4.99. The minimum absolute atomic E-state index is 0.0472. The van der Waals surface area contributed by atoms with Gasteiger partial charge in [-0.3, -0.25) is 9.59 Å². The molecule has 1 heterocycles. The Labute approximate surface area is 164 Å². The second-order valence-corrected chi connectivity index (χ2v) is 7.77. The van der Waals surface area contributed by atoms with Gasteiger partial charge in [-0.25, -0.2) is 4.98 Å². The number of amides is 1. The van der Waals surface area contributed by atoms with E-state index in [1.807, 2.05) is 61.0 Å². The molecule has 3 aromatic rings. The van der Waals surface area contributed by atoms with Crippen molar-refractivity contribution in [3.63, 3.8) is 0 Å². The van der Waals surface area contributed by atoms with Crippen molar-refractivity contribution in [2.24, 2.45) is 13.0 Å². The summed E-state index contributed by atoms with van der Waals surface area (Å²) in [4.78, 5) is 28.9. The molecule has 1 aliphatic carbocycles. The van der Waals surface area contributed by atoms with Crippen molar-refractivity contribution in [1.29, 1.82) is 0 Å². The van der Waals surface area contributed by atoms with Crippen LogP contribution in [0, 0.1) is 5.92 Å². The SMILES string of the molecule is CC(C(=O)Nc1ccc2c(c1)ncn2C)c1ccc(CC2CCCC2=O)cc1. The van der Waals surface area contributed by atoms with E-state index in [1.165, 1.54) is 0 Å². The van der Waals surface area contributed by atoms with Gasteiger partial charge in [0.1, 0.15) is 5.78 Å². The number of fused-ring (bicyclic) bond motifs is 1. The zero-order valence-electron chi connectivity index (χ0n) is 16.3. The van der Waals surface area contributed by atoms with E-state index in [0.717, 1.165) is 53.5 Å². The number of hydrogen-bond donors (Lipinski definition) is 1. The van der Waals surface area contributed by atoms with Crippen LogP contribution in [0.5, 0.6) is 0 Å². The van der Waals surface area contributed by atoms with Crippen LogP contribution < -0.4 is 5.32 Å². The quantitative estimate of drug-likeness (QED) is 0.726. The van der Waals surface area contributed by atoms with E-state index in [4.69, 9.17) is 0 Å². The summed E-state index contributed by atoms with van der Waals surface area (Å²) in [6.07, 6.45) is 5.32. The van der Waals surface area contributed by atoms with Crippen molar-refractivity contribution in [3.8, 4) is 0 Å². The van der Waals surface area contributed by atoms with Gasteiger partial charge in [0.2, 0.25) is 5.91 Å². The molecular weight excluding hydrogens is 350 g/mol. The molecule has 1 fully saturated rings. The average molecular weight is 375 g/mol. The number of anilines is 1. The first kappa shape index (κ1) is 18.4. The van der Waals surface area contributed by atoms with Crippen LogP contribution in [0.2, 0.25) is 0 Å². The Morgan fingerprint density at radius 2 is 2.04 bits per heavy atom. The highest BCUT2D eigenvalue weighted by molar-refractivity contribution is 5.97. The molecule has 1 amide bonds. The normalized spacial score (nSPS) is 17.8. The third-order valence-corrected chi connectivity index (χ3v) is 5.78. The third-order valence-electron chi connectivity index (χ3n) is 5.78. The van der Waals surface area contributed by atoms with Gasteiger partial charge in [-0.2, -0.15) is 0 Å². The minimum atomic E-state index is -0.262. The largest absolute Gasteiger partial charge is 0.334 e. The van der Waals surface area contributed by atoms with Gasteiger partial charge in [-0.15, -0.1) is 0 Å². The first-order valence-corrected chi connectivity index (χ1v) is 9.85. The number of ketones is 1. The number of hydrogen-bond acceptors (Lipinski definition) is 3. The Bertz CT molecular complexity index is 1020. The van der Waals surface area contributed by atoms with Crippen molar-refractivity contribution in [3.05, 3.63) is 59.9 Å². The van der Waals surface area contributed by atoms with Crippen LogP contribution in [0.3, 0.4) is 0 Å². The summed E-state index contributed by atoms with van der Waals surface area (Å²) < 4.78 is 1.95. The fourth-order valence-corrected chi connectivity index (χ4v) is 3.95. The molecule has 2 atom stereocenters. The van der Waals surface area contributed by atoms with Gasteiger partial charge < -0.3 is 9.88 Å². The second kappa shape index (κ2) is 7.58. The zero-order valence-corrected chi connectivity index (χ0v) is 16.3. The summed E-state index contributed by atoms with van der Waals surface area (Å²) in [6.45, 7) is 1.91. The summed E-state index contributed by atoms with van der Waals surface area (Å²) in [6, 6.07) is 13.8. The van der Waals surface area contributed by atoms with E-state index < -0.39 is 0 Å². The van der Waals surface area contributed by atoms with E-state index in [-0.39, 0.29) is 17.7 Å². The average Bonchev–Trinajstić information content (AvgIpc) is 3.27. The van der Waals surface area contributed by atoms with Gasteiger partial charge in [0, 0.05) is 25.1 Å². The smallest absolute Gasteiger partial charge is 0.231 e. The van der Waals surface area contributed by atoms with Gasteiger partial charge in [-0.05, 0) is 55.5 Å². The Morgan fingerprint density at radius 3 is 2.75 bits per heavy atom. The predicted octanol–water partition coefficient (Wildman–Crippen LogP) is 4.23. The number of nitrogens with one attached hydrogen (secondary N) is 1. The molecule has 4 rings (SSSR count). The number of nitrogens with zero attached hydrogens (tertiary/aromatic N) is 2. The second-order valence-electron chi connectivity index (χ2n) is 7.77. The summed E-state index contributed by atoms with van der Waals surface area (Å²) in [7, 11) is 1.95. The standard InChI is InChI=1S/C23H25N3O2/c1-15(17-8-6-16(7-9-17)12-18-4-3-5-22(18)27)23(28)25-19-10-11-21-20(13-19)24-14-26(21)2/h6-11,13-15,18H,3-5,12H2,1-2H3,(H,25,28). The molecule has 144 valence electrons. The number of Topliss-reactive ketones (excluding diaryl/α,β-unsaturated/α-hetero) is 1. The van der Waals surface area contributed by atoms with Crippen LogP contribution in [-0.2, 0) is 23.1 Å². The van der Waals surface area contributed by atoms with Crippen LogP contribution in [0.1, 0.15) is 43.2 Å². The van der Waals surface area contributed by atoms with Crippen LogP contribution in [0.15, 0.2) is 48.8 Å². The summed E-state index contributed by atoms with van der Waals surface area (Å²) in [5.74, 6) is 0.255. The van der Waals surface area contributed by atoms with Gasteiger partial charge >= 0.3 is 0 Å². The van der Waals surface area contributed by atoms with Crippen LogP contribution >= 0.6 is 0 Å². The van der Waals surface area contributed by atoms with Gasteiger partial charge in [0.25, 0.3) is 0 Å². The molecule has 0 spiro atoms. The Hall–Kier alpha value is -2.95. The van der Waals surface area contributed by atoms with Gasteiger partial charge in [0.05, 0.1) is 23.3 Å². The van der Waals surface area contributed by atoms with E-state index >= 15 is 0 Å². The highest BCUT2D eigenvalue weighted by Gasteiger charge is 2.24. The predicted molar refractivity (Wildman–Crippen MR) is 110 cm³/mol. The lowest BCUT2D eigenvalue weighted by molar-refractivity contribution is -0.120. The van der Waals surface area contributed by atoms with E-state index in [1.54, 1.807) is 6.33 Å². The maximum absolute atomic E-state index is 12.7. The molecule has 28 heavy (non-hydrogen) atoms. The van der Waals surface area contributed by atoms with Crippen molar-refractivity contribution in [1.82, 2.24) is 9.55 Å². The van der Waals surface area contributed by atoms with Gasteiger partial charge in [-0.1, -0.05) is 24.3 Å². The van der Waals surface area contributed by atoms with Crippen LogP contribution in [0.25, 0.3) is 11.0 Å². The summed E-state index contributed by atoms with van der Waals surface area (Å²) in [5, 5.41) is 2.99. The number of imidazole rings is 1. The third kappa shape index (κ3) is 3.70. The fourth-order valence-electron chi connectivity index (χ4n) is 3.95. The number of carbonyl (C=O) groups excluding carboxylic acids is 2. The lowest BCUT2D eigenvalue weighted by Gasteiger charge is -2.14. The molecule has 1 N–H and O–H groups in total. The monoisotopic (exact) mass is 375 g/mol. The molecule has 1 aromatic heterocycles. The number of rotatable bonds is 5. The number of benzene rings is 2. The topological polar surface area (TPSA) is 64.0 Å². The van der Waals surface area contributed by atoms with Crippen molar-refractivity contribution >= 4 is 28.4 Å². The first-order chi connectivity index (χ1) is 13.5. The lowest BCUT2D eigenvalue weighted by atomic mass is 9.94. The molecule has 0 aliphatic heterocycles. The molecule has 1 aliphatic rings. The summed E-state index contributed by atoms with van der Waals surface area (Å²) >= 11 is 0. The van der Waals surface area contributed by atoms with E-state index in [2.05, 4.69) is 10.3 Å². The number of aryl methyl sites for hydroxylation is 1. The maximum Gasteiger partial charge on any atom is 0.231 e. The molecule has 0 radical (unpaired) electrons. The molecule has 0 bridgehead atoms. The highest BCUT2D eigenvalue weighted by Crippen LogP contribution is 2.26. The zero-order chi connectivity index (χ0) is 19.7. The Balaban J connectivity index is 1.41. The lowest BCUT2D eigenvalue weighted by Crippen LogP contribution is -2.19. The minimum Gasteiger partial charge on any atom is -0.334 e. The molecule has 2 unspecified atom stereocenters. The molecular formula is C23H25N3O2.